The maximum absolute atomic E-state index is 13.9. The Morgan fingerprint density at radius 1 is 0.903 bits per heavy atom. The molecule has 18 nitrogen and oxygen atoms in total. The van der Waals surface area contributed by atoms with Gasteiger partial charge in [-0.2, -0.15) is 0 Å². The van der Waals surface area contributed by atoms with E-state index in [9.17, 15) is 50.1 Å². The van der Waals surface area contributed by atoms with Crippen LogP contribution in [0.25, 0.3) is 0 Å². The number of halogens is 2. The number of aliphatic hydroxyl groups is 5. The van der Waals surface area contributed by atoms with Crippen LogP contribution in [0.4, 0.5) is 0 Å². The van der Waals surface area contributed by atoms with E-state index in [-0.39, 0.29) is 35.4 Å². The highest BCUT2D eigenvalue weighted by Gasteiger charge is 2.53. The summed E-state index contributed by atoms with van der Waals surface area (Å²) in [4.78, 5) is 40.0. The average molecular weight is 1060 g/mol. The van der Waals surface area contributed by atoms with Crippen molar-refractivity contribution in [2.24, 2.45) is 11.8 Å². The molecule has 3 heterocycles. The second kappa shape index (κ2) is 26.5. The van der Waals surface area contributed by atoms with Crippen LogP contribution in [0.5, 0.6) is 11.5 Å². The number of phenolic OH excluding ortho intramolecular Hbond substituents is 2. The van der Waals surface area contributed by atoms with Crippen LogP contribution in [0.3, 0.4) is 0 Å². The molecule has 0 bridgehead atoms. The summed E-state index contributed by atoms with van der Waals surface area (Å²) >= 11 is 12.3. The predicted octanol–water partition coefficient (Wildman–Crippen LogP) is 6.23. The normalized spacial score (nSPS) is 34.8. The Bertz CT molecular complexity index is 2220. The molecule has 0 aromatic heterocycles. The molecular formula is C52H74Cl2O18. The lowest BCUT2D eigenvalue weighted by Crippen LogP contribution is -2.64. The number of hydrogen-bond donors (Lipinski definition) is 7. The van der Waals surface area contributed by atoms with Gasteiger partial charge in [0.2, 0.25) is 0 Å². The van der Waals surface area contributed by atoms with Gasteiger partial charge >= 0.3 is 17.9 Å². The number of aliphatic hydroxyl groups excluding tert-OH is 5. The number of phenols is 2. The average Bonchev–Trinajstić information content (AvgIpc) is 3.32. The Balaban J connectivity index is 1.61. The van der Waals surface area contributed by atoms with E-state index in [1.807, 2.05) is 32.9 Å². The molecule has 4 rings (SSSR count). The van der Waals surface area contributed by atoms with Gasteiger partial charge in [0.25, 0.3) is 0 Å². The van der Waals surface area contributed by atoms with Gasteiger partial charge in [0.15, 0.2) is 36.3 Å². The number of aromatic hydroxyl groups is 2. The molecule has 0 amide bonds. The zero-order chi connectivity index (χ0) is 54.1. The number of cyclic esters (lactones) is 1. The van der Waals surface area contributed by atoms with Gasteiger partial charge in [0.1, 0.15) is 46.7 Å². The first-order valence-electron chi connectivity index (χ1n) is 24.2. The first-order chi connectivity index (χ1) is 33.7. The fourth-order valence-electron chi connectivity index (χ4n) is 8.60. The summed E-state index contributed by atoms with van der Waals surface area (Å²) in [5.41, 5.74) is 0.318. The molecule has 0 radical (unpaired) electrons. The van der Waals surface area contributed by atoms with Crippen LogP contribution < -0.4 is 0 Å². The van der Waals surface area contributed by atoms with E-state index in [4.69, 9.17) is 61.1 Å². The van der Waals surface area contributed by atoms with Crippen molar-refractivity contribution in [1.82, 2.24) is 0 Å². The largest absolute Gasteiger partial charge is 0.505 e. The van der Waals surface area contributed by atoms with Crippen LogP contribution in [0, 0.1) is 11.8 Å². The molecule has 0 aliphatic carbocycles. The van der Waals surface area contributed by atoms with Crippen LogP contribution in [0.1, 0.15) is 111 Å². The Labute approximate surface area is 431 Å². The Kier molecular flexibility index (Phi) is 22.4. The minimum atomic E-state index is -1.61. The topological polar surface area (TPSA) is 267 Å². The molecule has 3 aliphatic heterocycles. The van der Waals surface area contributed by atoms with Gasteiger partial charge in [-0.25, -0.2) is 9.59 Å². The van der Waals surface area contributed by atoms with Crippen molar-refractivity contribution in [3.05, 3.63) is 79.9 Å². The van der Waals surface area contributed by atoms with E-state index in [1.165, 1.54) is 33.1 Å². The standard InChI is InChI=1S/C52H74Cl2O18/c1-13-30-22-26(6)33(56)18-16-15-17-31(23-66-51-45(65-12)42(61)44(29(9)67-51)69-49(64)35-32(14-2)36(53)39(58)37(54)38(35)57)48(63)68-34(28(8)55)20-19-25(5)21-27(7)43(30)70-50-41(60)40(59)46(52(10,11)72-50)71-47(62)24(3)4/h15-17,19,21-22,24,28-30,33-34,40-46,50-51,55-61H,13-14,18,20,23H2,1-12H3/b16-15+,25-19+,26-22+,27-21+,31-17+/t28?,29-,30?,33?,34?,40-,41+,42+,43+,44-,45+,46+,50-,51-/m1/s1. The second-order valence-electron chi connectivity index (χ2n) is 19.4. The fraction of sp³-hybridized carbons (Fsp3) is 0.635. The first kappa shape index (κ1) is 60.7. The van der Waals surface area contributed by atoms with Crippen LogP contribution >= 0.6 is 23.2 Å². The van der Waals surface area contributed by atoms with Crippen molar-refractivity contribution in [2.75, 3.05) is 13.7 Å². The molecule has 1 aromatic carbocycles. The third-order valence-electron chi connectivity index (χ3n) is 13.0. The van der Waals surface area contributed by atoms with Crippen molar-refractivity contribution in [2.45, 2.75) is 187 Å². The molecule has 7 N–H and O–H groups in total. The number of ether oxygens (including phenoxy) is 8. The van der Waals surface area contributed by atoms with Gasteiger partial charge in [0, 0.05) is 19.4 Å². The number of benzene rings is 1. The maximum Gasteiger partial charge on any atom is 0.342 e. The molecule has 0 spiro atoms. The first-order valence-corrected chi connectivity index (χ1v) is 24.9. The number of esters is 3. The molecule has 1 aromatic rings. The molecular weight excluding hydrogens is 983 g/mol. The van der Waals surface area contributed by atoms with Gasteiger partial charge in [0.05, 0.1) is 47.5 Å². The Hall–Kier alpha value is -3.89. The van der Waals surface area contributed by atoms with Crippen molar-refractivity contribution in [3.63, 3.8) is 0 Å². The molecule has 0 saturated carbocycles. The minimum absolute atomic E-state index is 0.0372. The van der Waals surface area contributed by atoms with Gasteiger partial charge in [-0.15, -0.1) is 0 Å². The Morgan fingerprint density at radius 3 is 2.17 bits per heavy atom. The van der Waals surface area contributed by atoms with Gasteiger partial charge in [-0.3, -0.25) is 4.79 Å². The number of hydrogen-bond acceptors (Lipinski definition) is 18. The summed E-state index contributed by atoms with van der Waals surface area (Å²) in [5, 5.41) is 76.5. The molecule has 3 aliphatic rings. The third kappa shape index (κ3) is 14.7. The molecule has 72 heavy (non-hydrogen) atoms. The lowest BCUT2D eigenvalue weighted by Gasteiger charge is -2.47. The molecule has 20 heteroatoms. The number of carbonyl (C=O) groups excluding carboxylic acids is 3. The van der Waals surface area contributed by atoms with E-state index < -0.39 is 144 Å². The maximum atomic E-state index is 13.9. The highest BCUT2D eigenvalue weighted by molar-refractivity contribution is 6.39. The molecule has 14 atom stereocenters. The lowest BCUT2D eigenvalue weighted by atomic mass is 9.88. The van der Waals surface area contributed by atoms with Crippen molar-refractivity contribution >= 4 is 41.1 Å². The predicted molar refractivity (Wildman–Crippen MR) is 265 cm³/mol. The quantitative estimate of drug-likeness (QED) is 0.0655. The van der Waals surface area contributed by atoms with Crippen LogP contribution in [-0.4, -0.2) is 153 Å². The summed E-state index contributed by atoms with van der Waals surface area (Å²) in [6, 6.07) is 0. The summed E-state index contributed by atoms with van der Waals surface area (Å²) < 4.78 is 47.5. The van der Waals surface area contributed by atoms with Gasteiger partial charge in [-0.05, 0) is 90.5 Å². The van der Waals surface area contributed by atoms with Crippen LogP contribution in [0.15, 0.2) is 58.7 Å². The van der Waals surface area contributed by atoms with Gasteiger partial charge in [-0.1, -0.05) is 86.9 Å². The third-order valence-corrected chi connectivity index (χ3v) is 13.8. The van der Waals surface area contributed by atoms with E-state index in [0.29, 0.717) is 23.1 Å². The molecule has 404 valence electrons. The highest BCUT2D eigenvalue weighted by atomic mass is 35.5. The van der Waals surface area contributed by atoms with Crippen molar-refractivity contribution in [3.8, 4) is 11.5 Å². The molecule has 2 saturated heterocycles. The zero-order valence-corrected chi connectivity index (χ0v) is 44.5. The van der Waals surface area contributed by atoms with Crippen molar-refractivity contribution in [1.29, 1.82) is 0 Å². The summed E-state index contributed by atoms with van der Waals surface area (Å²) in [6.07, 6.45) is -5.45. The van der Waals surface area contributed by atoms with E-state index in [1.54, 1.807) is 53.7 Å². The van der Waals surface area contributed by atoms with Gasteiger partial charge < -0.3 is 73.6 Å². The molecule has 2 fully saturated rings. The minimum Gasteiger partial charge on any atom is -0.505 e. The number of rotatable bonds is 13. The van der Waals surface area contributed by atoms with E-state index in [2.05, 4.69) is 0 Å². The van der Waals surface area contributed by atoms with Crippen LogP contribution in [0.2, 0.25) is 10.0 Å². The number of methoxy groups -OCH3 is 1. The fourth-order valence-corrected chi connectivity index (χ4v) is 9.16. The van der Waals surface area contributed by atoms with Crippen molar-refractivity contribution < 1.29 is 88.0 Å². The molecule has 4 unspecified atom stereocenters. The Morgan fingerprint density at radius 2 is 1.57 bits per heavy atom. The number of allylic oxidation sites excluding steroid dienone is 4. The lowest BCUT2D eigenvalue weighted by molar-refractivity contribution is -0.333. The van der Waals surface area contributed by atoms with E-state index in [0.717, 1.165) is 0 Å². The SMILES string of the molecule is CCc1c(Cl)c(O)c(Cl)c(O)c1C(=O)O[C@H]1[C@H](O)[C@H](OC)[C@H](OC/C2=C\C=C\CC(O)/C(C)=C/C(CC)[C@@H](O[C@@H]3OC(C)(C)[C@@H](OC(=O)C(C)C)[C@H](O)[C@@H]3O)/C(C)=C/C(C)=C/CC(C(C)O)OC2=O)O[C@@H]1C. The van der Waals surface area contributed by atoms with Crippen LogP contribution in [-0.2, 0) is 53.9 Å². The monoisotopic (exact) mass is 1060 g/mol. The smallest absolute Gasteiger partial charge is 0.342 e. The number of carbonyl (C=O) groups is 3. The van der Waals surface area contributed by atoms with E-state index >= 15 is 0 Å². The second-order valence-corrected chi connectivity index (χ2v) is 20.1. The summed E-state index contributed by atoms with van der Waals surface area (Å²) in [5.74, 6) is -4.78. The summed E-state index contributed by atoms with van der Waals surface area (Å²) in [7, 11) is 1.26. The summed E-state index contributed by atoms with van der Waals surface area (Å²) in [6.45, 7) is 18.1. The highest BCUT2D eigenvalue weighted by Crippen LogP contribution is 2.45. The zero-order valence-electron chi connectivity index (χ0n) is 43.0.